The van der Waals surface area contributed by atoms with Crippen LogP contribution in [-0.2, 0) is 24.6 Å². The minimum Gasteiger partial charge on any atom is -0.505 e. The number of ether oxygens (including phenoxy) is 3. The molecule has 1 heterocycles. The molecule has 2 rings (SSSR count). The van der Waals surface area contributed by atoms with Crippen molar-refractivity contribution < 1.29 is 32.9 Å². The number of carbonyl (C=O) groups is 1. The van der Waals surface area contributed by atoms with Gasteiger partial charge in [0.05, 0.1) is 12.2 Å². The lowest BCUT2D eigenvalue weighted by molar-refractivity contribution is -0.161. The molecule has 1 aliphatic rings. The Morgan fingerprint density at radius 3 is 2.48 bits per heavy atom. The van der Waals surface area contributed by atoms with Gasteiger partial charge in [-0.15, -0.1) is 0 Å². The smallest absolute Gasteiger partial charge is 0.332 e. The summed E-state index contributed by atoms with van der Waals surface area (Å²) < 4.78 is 43.9. The van der Waals surface area contributed by atoms with Crippen molar-refractivity contribution in [2.24, 2.45) is 5.41 Å². The van der Waals surface area contributed by atoms with E-state index in [9.17, 15) is 18.7 Å². The van der Waals surface area contributed by atoms with E-state index in [1.165, 1.54) is 6.07 Å². The predicted octanol–water partition coefficient (Wildman–Crippen LogP) is 4.84. The van der Waals surface area contributed by atoms with Crippen molar-refractivity contribution in [1.29, 1.82) is 0 Å². The maximum absolute atomic E-state index is 13.7. The minimum atomic E-state index is -1.25. The average Bonchev–Trinajstić information content (AvgIpc) is 2.63. The van der Waals surface area contributed by atoms with E-state index in [0.29, 0.717) is 31.6 Å². The maximum Gasteiger partial charge on any atom is 0.332 e. The van der Waals surface area contributed by atoms with Gasteiger partial charge in [0, 0.05) is 6.61 Å². The van der Waals surface area contributed by atoms with Crippen LogP contribution in [0.4, 0.5) is 8.78 Å². The molecular weight excluding hydrogens is 382 g/mol. The van der Waals surface area contributed by atoms with Crippen LogP contribution in [0.15, 0.2) is 12.1 Å². The second-order valence-electron chi connectivity index (χ2n) is 9.05. The Balaban J connectivity index is 1.91. The van der Waals surface area contributed by atoms with Crippen molar-refractivity contribution in [3.63, 3.8) is 0 Å². The van der Waals surface area contributed by atoms with Crippen molar-refractivity contribution in [3.8, 4) is 5.75 Å². The Morgan fingerprint density at radius 2 is 1.97 bits per heavy atom. The van der Waals surface area contributed by atoms with Crippen LogP contribution >= 0.6 is 0 Å². The largest absolute Gasteiger partial charge is 0.505 e. The fraction of sp³-hybridized carbons (Fsp3) is 0.682. The van der Waals surface area contributed by atoms with Crippen LogP contribution in [-0.4, -0.2) is 36.5 Å². The van der Waals surface area contributed by atoms with E-state index < -0.39 is 34.6 Å². The number of hydrogen-bond acceptors (Lipinski definition) is 5. The number of benzene rings is 1. The molecule has 0 saturated carbocycles. The first kappa shape index (κ1) is 23.5. The highest BCUT2D eigenvalue weighted by Crippen LogP contribution is 2.46. The predicted molar refractivity (Wildman–Crippen MR) is 105 cm³/mol. The number of esters is 1. The second-order valence-corrected chi connectivity index (χ2v) is 9.05. The van der Waals surface area contributed by atoms with Crippen LogP contribution < -0.4 is 0 Å². The molecule has 1 fully saturated rings. The third-order valence-corrected chi connectivity index (χ3v) is 5.62. The Hall–Kier alpha value is -1.73. The van der Waals surface area contributed by atoms with E-state index in [1.54, 1.807) is 20.8 Å². The van der Waals surface area contributed by atoms with Crippen molar-refractivity contribution >= 4 is 5.97 Å². The van der Waals surface area contributed by atoms with Crippen LogP contribution in [0.2, 0.25) is 0 Å². The molecule has 1 aliphatic heterocycles. The molecule has 29 heavy (non-hydrogen) atoms. The van der Waals surface area contributed by atoms with Gasteiger partial charge in [0.15, 0.2) is 17.4 Å². The maximum atomic E-state index is 13.7. The second kappa shape index (κ2) is 8.96. The van der Waals surface area contributed by atoms with Gasteiger partial charge in [-0.2, -0.15) is 4.39 Å². The number of carbonyl (C=O) groups excluding carboxylic acids is 1. The van der Waals surface area contributed by atoms with Gasteiger partial charge in [0.2, 0.25) is 0 Å². The molecule has 0 amide bonds. The Bertz CT molecular complexity index is 695. The number of rotatable bonds is 7. The molecule has 0 aliphatic carbocycles. The SMILES string of the molecule is CCC1(CCOCC(=O)OC(C)(C)C)CCC(C)(c2cc(O)c(F)c(F)c2)OC1. The fourth-order valence-corrected chi connectivity index (χ4v) is 3.54. The molecule has 1 saturated heterocycles. The van der Waals surface area contributed by atoms with Gasteiger partial charge in [-0.1, -0.05) is 6.92 Å². The van der Waals surface area contributed by atoms with Crippen LogP contribution in [0, 0.1) is 17.0 Å². The van der Waals surface area contributed by atoms with Gasteiger partial charge in [0.1, 0.15) is 12.2 Å². The highest BCUT2D eigenvalue weighted by Gasteiger charge is 2.41. The Morgan fingerprint density at radius 1 is 1.28 bits per heavy atom. The summed E-state index contributed by atoms with van der Waals surface area (Å²) in [5, 5.41) is 9.61. The number of phenolic OH excluding ortho intramolecular Hbond substituents is 1. The van der Waals surface area contributed by atoms with Crippen molar-refractivity contribution in [3.05, 3.63) is 29.3 Å². The molecule has 5 nitrogen and oxygen atoms in total. The number of hydrogen-bond donors (Lipinski definition) is 1. The lowest BCUT2D eigenvalue weighted by atomic mass is 9.72. The number of halogens is 2. The molecule has 0 radical (unpaired) electrons. The summed E-state index contributed by atoms with van der Waals surface area (Å²) in [7, 11) is 0. The van der Waals surface area contributed by atoms with Crippen LogP contribution in [0.1, 0.15) is 65.9 Å². The van der Waals surface area contributed by atoms with Gasteiger partial charge in [-0.3, -0.25) is 0 Å². The highest BCUT2D eigenvalue weighted by molar-refractivity contribution is 5.71. The van der Waals surface area contributed by atoms with Crippen molar-refractivity contribution in [2.45, 2.75) is 71.5 Å². The summed E-state index contributed by atoms with van der Waals surface area (Å²) in [6, 6.07) is 2.30. The van der Waals surface area contributed by atoms with Gasteiger partial charge in [0.25, 0.3) is 0 Å². The van der Waals surface area contributed by atoms with Crippen LogP contribution in [0.3, 0.4) is 0 Å². The van der Waals surface area contributed by atoms with Crippen LogP contribution in [0.5, 0.6) is 5.75 Å². The van der Waals surface area contributed by atoms with E-state index in [1.807, 2.05) is 6.92 Å². The summed E-state index contributed by atoms with van der Waals surface area (Å²) in [5.41, 5.74) is -1.04. The first-order valence-electron chi connectivity index (χ1n) is 10.0. The van der Waals surface area contributed by atoms with Crippen LogP contribution in [0.25, 0.3) is 0 Å². The number of aromatic hydroxyl groups is 1. The van der Waals surface area contributed by atoms with Crippen molar-refractivity contribution in [1.82, 2.24) is 0 Å². The molecule has 0 aromatic heterocycles. The van der Waals surface area contributed by atoms with Crippen molar-refractivity contribution in [2.75, 3.05) is 19.8 Å². The van der Waals surface area contributed by atoms with E-state index in [0.717, 1.165) is 18.9 Å². The van der Waals surface area contributed by atoms with E-state index >= 15 is 0 Å². The van der Waals surface area contributed by atoms with E-state index in [2.05, 4.69) is 6.92 Å². The topological polar surface area (TPSA) is 65.0 Å². The molecule has 1 aromatic rings. The zero-order valence-corrected chi connectivity index (χ0v) is 17.9. The molecule has 2 atom stereocenters. The Kier molecular flexibility index (Phi) is 7.28. The molecule has 7 heteroatoms. The molecule has 2 unspecified atom stereocenters. The first-order chi connectivity index (χ1) is 13.4. The fourth-order valence-electron chi connectivity index (χ4n) is 3.54. The summed E-state index contributed by atoms with van der Waals surface area (Å²) in [5.74, 6) is -3.45. The zero-order valence-electron chi connectivity index (χ0n) is 17.9. The molecule has 0 spiro atoms. The minimum absolute atomic E-state index is 0.0935. The summed E-state index contributed by atoms with van der Waals surface area (Å²) in [6.45, 7) is 10.0. The normalized spacial score (nSPS) is 25.1. The molecule has 0 bridgehead atoms. The van der Waals surface area contributed by atoms with Gasteiger partial charge in [-0.05, 0) is 76.5 Å². The van der Waals surface area contributed by atoms with Gasteiger partial charge < -0.3 is 19.3 Å². The monoisotopic (exact) mass is 414 g/mol. The summed E-state index contributed by atoms with van der Waals surface area (Å²) >= 11 is 0. The highest BCUT2D eigenvalue weighted by atomic mass is 19.2. The zero-order chi connectivity index (χ0) is 21.9. The molecule has 1 aromatic carbocycles. The standard InChI is InChI=1S/C22H32F2O5/c1-6-22(9-10-27-13-18(26)29-20(2,3)4)8-7-21(5,28-14-22)15-11-16(23)19(24)17(25)12-15/h11-12,25H,6-10,13-14H2,1-5H3. The van der Waals surface area contributed by atoms with E-state index in [-0.39, 0.29) is 12.0 Å². The third-order valence-electron chi connectivity index (χ3n) is 5.62. The molecule has 164 valence electrons. The lowest BCUT2D eigenvalue weighted by Gasteiger charge is -2.45. The molecule has 1 N–H and O–H groups in total. The lowest BCUT2D eigenvalue weighted by Crippen LogP contribution is -2.41. The average molecular weight is 414 g/mol. The summed E-state index contributed by atoms with van der Waals surface area (Å²) in [6.07, 6.45) is 2.97. The molecular formula is C22H32F2O5. The van der Waals surface area contributed by atoms with Gasteiger partial charge in [-0.25, -0.2) is 9.18 Å². The number of phenols is 1. The third kappa shape index (κ3) is 6.12. The summed E-state index contributed by atoms with van der Waals surface area (Å²) in [4.78, 5) is 11.7. The first-order valence-corrected chi connectivity index (χ1v) is 10.0. The van der Waals surface area contributed by atoms with E-state index in [4.69, 9.17) is 14.2 Å². The van der Waals surface area contributed by atoms with Gasteiger partial charge >= 0.3 is 5.97 Å². The Labute approximate surface area is 171 Å². The quantitative estimate of drug-likeness (QED) is 0.511.